The number of carbonyl (C=O) groups excluding carboxylic acids is 4. The molecular weight excluding hydrogens is 1070 g/mol. The van der Waals surface area contributed by atoms with Crippen molar-refractivity contribution in [1.82, 2.24) is 30.3 Å². The Kier molecular flexibility index (Phi) is 19.7. The Morgan fingerprint density at radius 1 is 0.857 bits per heavy atom. The number of aliphatic hydroxyl groups is 1. The van der Waals surface area contributed by atoms with Gasteiger partial charge in [0, 0.05) is 62.3 Å². The van der Waals surface area contributed by atoms with Crippen LogP contribution in [-0.4, -0.2) is 141 Å². The number of hydrogen-bond donors (Lipinski definition) is 2. The Labute approximate surface area is 494 Å². The number of aliphatic imine (C=N–C) groups is 1. The van der Waals surface area contributed by atoms with Gasteiger partial charge in [0.2, 0.25) is 5.91 Å². The summed E-state index contributed by atoms with van der Waals surface area (Å²) in [5.41, 5.74) is 5.62. The van der Waals surface area contributed by atoms with Crippen molar-refractivity contribution in [3.05, 3.63) is 144 Å². The number of hydrogen-bond acceptors (Lipinski definition) is 15. The molecule has 4 aliphatic heterocycles. The highest BCUT2D eigenvalue weighted by Gasteiger charge is 2.60. The molecule has 5 heterocycles. The quantitative estimate of drug-likeness (QED) is 0.0260. The van der Waals surface area contributed by atoms with Crippen molar-refractivity contribution in [3.63, 3.8) is 0 Å². The molecule has 84 heavy (non-hydrogen) atoms. The van der Waals surface area contributed by atoms with Gasteiger partial charge in [-0.3, -0.25) is 38.7 Å². The Balaban J connectivity index is 0.807. The molecule has 18 heteroatoms. The molecule has 9 rings (SSSR count). The molecular formula is C66H85N7O11. The average molecular weight is 1150 g/mol. The Morgan fingerprint density at radius 3 is 2.10 bits per heavy atom. The third-order valence-corrected chi connectivity index (χ3v) is 18.1. The molecule has 0 radical (unpaired) electrons. The number of nitrogens with one attached hydrogen (secondary N) is 1. The number of nitrogens with zero attached hydrogens (tertiary/aromatic N) is 6. The molecule has 1 aromatic heterocycles. The molecule has 5 aromatic rings. The summed E-state index contributed by atoms with van der Waals surface area (Å²) < 4.78 is 33.9. The van der Waals surface area contributed by atoms with E-state index in [4.69, 9.17) is 33.5 Å². The van der Waals surface area contributed by atoms with E-state index in [0.717, 1.165) is 52.1 Å². The van der Waals surface area contributed by atoms with Crippen LogP contribution < -0.4 is 5.48 Å². The third-order valence-electron chi connectivity index (χ3n) is 18.1. The van der Waals surface area contributed by atoms with Gasteiger partial charge in [0.25, 0.3) is 0 Å². The lowest BCUT2D eigenvalue weighted by molar-refractivity contribution is -0.296. The Bertz CT molecular complexity index is 2960. The zero-order valence-electron chi connectivity index (χ0n) is 50.4. The number of rotatable bonds is 19. The molecule has 3 fully saturated rings. The molecule has 13 atom stereocenters. The fourth-order valence-electron chi connectivity index (χ4n) is 13.6. The minimum atomic E-state index is -1.20. The molecule has 2 amide bonds. The number of ketones is 1. The highest BCUT2D eigenvalue weighted by atomic mass is 16.7. The number of esters is 1. The second kappa shape index (κ2) is 26.7. The minimum absolute atomic E-state index is 0.198. The van der Waals surface area contributed by atoms with Gasteiger partial charge in [0.15, 0.2) is 23.3 Å². The maximum atomic E-state index is 14.6. The summed E-state index contributed by atoms with van der Waals surface area (Å²) in [5.74, 6) is -3.95. The van der Waals surface area contributed by atoms with Crippen LogP contribution in [0.4, 0.5) is 4.79 Å². The van der Waals surface area contributed by atoms with E-state index in [2.05, 4.69) is 27.6 Å². The van der Waals surface area contributed by atoms with Gasteiger partial charge in [-0.1, -0.05) is 155 Å². The molecule has 0 saturated carbocycles. The van der Waals surface area contributed by atoms with Crippen molar-refractivity contribution in [2.24, 2.45) is 28.7 Å². The van der Waals surface area contributed by atoms with E-state index in [1.165, 1.54) is 6.92 Å². The van der Waals surface area contributed by atoms with Gasteiger partial charge >= 0.3 is 12.1 Å². The first-order valence-electron chi connectivity index (χ1n) is 30.0. The summed E-state index contributed by atoms with van der Waals surface area (Å²) in [5, 5.41) is 21.1. The lowest BCUT2D eigenvalue weighted by Gasteiger charge is -2.47. The van der Waals surface area contributed by atoms with Crippen molar-refractivity contribution >= 4 is 29.5 Å². The van der Waals surface area contributed by atoms with E-state index in [9.17, 15) is 24.3 Å². The van der Waals surface area contributed by atoms with Crippen LogP contribution in [0.15, 0.2) is 126 Å². The number of hydroxylamine groups is 1. The normalized spacial score (nSPS) is 29.6. The van der Waals surface area contributed by atoms with Crippen molar-refractivity contribution < 1.29 is 52.8 Å². The number of carbonyl (C=O) groups is 4. The fourth-order valence-corrected chi connectivity index (χ4v) is 13.6. The van der Waals surface area contributed by atoms with E-state index in [1.807, 2.05) is 168 Å². The predicted molar refractivity (Wildman–Crippen MR) is 317 cm³/mol. The maximum Gasteiger partial charge on any atom is 0.410 e. The monoisotopic (exact) mass is 1150 g/mol. The van der Waals surface area contributed by atoms with Gasteiger partial charge in [-0.25, -0.2) is 10.3 Å². The lowest BCUT2D eigenvalue weighted by Crippen LogP contribution is -2.60. The Morgan fingerprint density at radius 2 is 1.49 bits per heavy atom. The molecule has 0 spiro atoms. The molecule has 2 bridgehead atoms. The maximum absolute atomic E-state index is 14.6. The highest BCUT2D eigenvalue weighted by molar-refractivity contribution is 6.00. The van der Waals surface area contributed by atoms with Crippen LogP contribution in [0.5, 0.6) is 0 Å². The summed E-state index contributed by atoms with van der Waals surface area (Å²) in [6, 6.07) is 37.0. The molecule has 18 nitrogen and oxygen atoms in total. The first-order valence-corrected chi connectivity index (χ1v) is 30.0. The number of aliphatic hydroxyl groups excluding tert-OH is 1. The molecule has 3 saturated heterocycles. The van der Waals surface area contributed by atoms with Gasteiger partial charge in [-0.05, 0) is 95.0 Å². The smallest absolute Gasteiger partial charge is 0.410 e. The second-order valence-corrected chi connectivity index (χ2v) is 24.0. The molecule has 4 aliphatic rings. The van der Waals surface area contributed by atoms with Crippen LogP contribution in [0.25, 0.3) is 11.3 Å². The van der Waals surface area contributed by atoms with Crippen molar-refractivity contribution in [1.29, 1.82) is 0 Å². The number of amides is 2. The molecule has 4 aromatic carbocycles. The van der Waals surface area contributed by atoms with Crippen LogP contribution in [0, 0.1) is 23.7 Å². The SMILES string of the molecule is CC[C@H]1OC(=O)[C@H](C)C(=O)[C@H](C)[C@@H](O[C@@H]2O[C@H](C)C[C@H](N(C)Cc3ccc(-c4cn(CCCCCC(=O)NOC(c5ccccc5)(c5ccccc5)c5ccccc5)nn4)cc3)[C@@H]2O)[C@](C)(OC)C[C@@H](C)C2=NCCN3C(=O)O[C@@]1(C)[C@H]3[C@H]2C. The Hall–Kier alpha value is -6.67. The van der Waals surface area contributed by atoms with Gasteiger partial charge in [-0.2, -0.15) is 0 Å². The number of ether oxygens (including phenoxy) is 5. The topological polar surface area (TPSA) is 205 Å². The van der Waals surface area contributed by atoms with Crippen molar-refractivity contribution in [2.45, 2.75) is 173 Å². The minimum Gasteiger partial charge on any atom is -0.458 e. The number of unbranched alkanes of at least 4 members (excludes halogenated alkanes) is 2. The van der Waals surface area contributed by atoms with Gasteiger partial charge in [0.1, 0.15) is 23.8 Å². The summed E-state index contributed by atoms with van der Waals surface area (Å²) in [4.78, 5) is 70.9. The van der Waals surface area contributed by atoms with Crippen LogP contribution >= 0.6 is 0 Å². The summed E-state index contributed by atoms with van der Waals surface area (Å²) in [6.45, 7) is 16.8. The van der Waals surface area contributed by atoms with E-state index in [0.29, 0.717) is 58.3 Å². The summed E-state index contributed by atoms with van der Waals surface area (Å²) in [6.07, 6.45) is 0.831. The van der Waals surface area contributed by atoms with Crippen LogP contribution in [-0.2, 0) is 61.6 Å². The molecule has 2 N–H and O–H groups in total. The van der Waals surface area contributed by atoms with Gasteiger partial charge < -0.3 is 28.8 Å². The van der Waals surface area contributed by atoms with E-state index in [-0.39, 0.29) is 23.8 Å². The number of cyclic esters (lactones) is 1. The first kappa shape index (κ1) is 61.9. The number of Topliss-reactive ketones (excluding diaryl/α,β-unsaturated/α-hetero) is 1. The molecule has 450 valence electrons. The van der Waals surface area contributed by atoms with E-state index >= 15 is 0 Å². The largest absolute Gasteiger partial charge is 0.458 e. The zero-order chi connectivity index (χ0) is 59.9. The number of benzene rings is 4. The standard InChI is InChI=1S/C66H85N7O11/c1-11-54-65(8)59-44(4)56(67-35-37-73(59)63(78)83-65)42(2)39-64(7,79-10)60(45(5)57(75)46(6)61(77)81-54)82-62-58(76)53(38-43(3)80-62)71(9)40-47-31-33-48(34-32-47)52-41-72(70-68-52)36-23-15-22-30-55(74)69-84-66(49-24-16-12-17-25-49,50-26-18-13-19-27-50)51-28-20-14-21-29-51/h12-14,16-21,24-29,31-34,41-46,53-54,58-60,62,76H,11,15,22-23,30,35-40H2,1-10H3,(H,69,74)/t42-,43-,44+,45+,46-,53+,54-,58+,59-,60-,62+,64-,65-/m1/s1. The van der Waals surface area contributed by atoms with E-state index < -0.39 is 83.2 Å². The first-order chi connectivity index (χ1) is 40.3. The second-order valence-electron chi connectivity index (χ2n) is 24.0. The van der Waals surface area contributed by atoms with Gasteiger partial charge in [-0.15, -0.1) is 5.10 Å². The van der Waals surface area contributed by atoms with E-state index in [1.54, 1.807) is 18.9 Å². The zero-order valence-corrected chi connectivity index (χ0v) is 50.4. The van der Waals surface area contributed by atoms with Crippen LogP contribution in [0.1, 0.15) is 123 Å². The number of fused-ring (bicyclic) bond motifs is 1. The van der Waals surface area contributed by atoms with Crippen LogP contribution in [0.3, 0.4) is 0 Å². The fraction of sp³-hybridized carbons (Fsp3) is 0.530. The number of methoxy groups -OCH3 is 1. The molecule has 0 unspecified atom stereocenters. The van der Waals surface area contributed by atoms with Gasteiger partial charge in [0.05, 0.1) is 36.6 Å². The summed E-state index contributed by atoms with van der Waals surface area (Å²) in [7, 11) is 3.55. The predicted octanol–water partition coefficient (Wildman–Crippen LogP) is 9.51. The summed E-state index contributed by atoms with van der Waals surface area (Å²) >= 11 is 0. The van der Waals surface area contributed by atoms with Crippen LogP contribution in [0.2, 0.25) is 0 Å². The molecule has 0 aliphatic carbocycles. The number of aryl methyl sites for hydroxylation is 1. The van der Waals surface area contributed by atoms with Crippen molar-refractivity contribution in [3.8, 4) is 11.3 Å². The number of likely N-dealkylation sites (N-methyl/N-ethyl adjacent to an activating group) is 1. The average Bonchev–Trinajstić information content (AvgIpc) is 4.17. The number of aromatic nitrogens is 3. The lowest BCUT2D eigenvalue weighted by atomic mass is 9.73. The van der Waals surface area contributed by atoms with Crippen molar-refractivity contribution in [2.75, 3.05) is 27.2 Å². The third kappa shape index (κ3) is 12.9. The highest BCUT2D eigenvalue weighted by Crippen LogP contribution is 2.45.